The van der Waals surface area contributed by atoms with E-state index >= 15 is 0 Å². The molecule has 0 radical (unpaired) electrons. The second-order valence-corrected chi connectivity index (χ2v) is 11.0. The van der Waals surface area contributed by atoms with E-state index < -0.39 is 29.7 Å². The molecule has 3 rings (SSSR count). The fourth-order valence-electron chi connectivity index (χ4n) is 3.62. The summed E-state index contributed by atoms with van der Waals surface area (Å²) in [6.07, 6.45) is 1.43. The zero-order chi connectivity index (χ0) is 26.5. The van der Waals surface area contributed by atoms with Gasteiger partial charge in [0.15, 0.2) is 6.10 Å². The molecule has 0 aliphatic carbocycles. The number of amides is 1. The van der Waals surface area contributed by atoms with Crippen LogP contribution in [0.1, 0.15) is 40.5 Å². The monoisotopic (exact) mass is 624 g/mol. The summed E-state index contributed by atoms with van der Waals surface area (Å²) >= 11 is 8.30. The van der Waals surface area contributed by atoms with Gasteiger partial charge in [0, 0.05) is 32.1 Å². The first-order valence-electron chi connectivity index (χ1n) is 11.7. The molecule has 1 N–H and O–H groups in total. The maximum atomic E-state index is 13.1. The molecule has 1 amide bonds. The Morgan fingerprint density at radius 3 is 2.53 bits per heavy atom. The second kappa shape index (κ2) is 12.1. The highest BCUT2D eigenvalue weighted by Gasteiger charge is 2.30. The molecule has 2 aromatic carbocycles. The van der Waals surface area contributed by atoms with Gasteiger partial charge in [0.05, 0.1) is 0 Å². The molecule has 2 aromatic rings. The number of ether oxygens (including phenoxy) is 2. The van der Waals surface area contributed by atoms with Gasteiger partial charge in [-0.15, -0.1) is 0 Å². The Kier molecular flexibility index (Phi) is 9.41. The lowest BCUT2D eigenvalue weighted by Gasteiger charge is -2.24. The first-order valence-corrected chi connectivity index (χ1v) is 13.1. The van der Waals surface area contributed by atoms with E-state index in [0.29, 0.717) is 29.2 Å². The maximum absolute atomic E-state index is 13.1. The predicted molar refractivity (Wildman–Crippen MR) is 149 cm³/mol. The fourth-order valence-corrected chi connectivity index (χ4v) is 4.28. The normalized spacial score (nSPS) is 16.6. The molecule has 0 saturated carbocycles. The van der Waals surface area contributed by atoms with Gasteiger partial charge in [0.1, 0.15) is 11.6 Å². The van der Waals surface area contributed by atoms with E-state index in [1.54, 1.807) is 43.9 Å². The lowest BCUT2D eigenvalue weighted by atomic mass is 10.1. The van der Waals surface area contributed by atoms with E-state index in [9.17, 15) is 14.4 Å². The summed E-state index contributed by atoms with van der Waals surface area (Å²) in [5, 5.41) is 3.68. The van der Waals surface area contributed by atoms with Crippen LogP contribution in [-0.4, -0.2) is 42.1 Å². The van der Waals surface area contributed by atoms with Gasteiger partial charge in [-0.1, -0.05) is 35.9 Å². The summed E-state index contributed by atoms with van der Waals surface area (Å²) in [5.74, 6) is -1.35. The van der Waals surface area contributed by atoms with E-state index in [2.05, 4.69) is 27.9 Å². The number of carbonyl (C=O) groups excluding carboxylic acids is 3. The maximum Gasteiger partial charge on any atom is 0.347 e. The van der Waals surface area contributed by atoms with Gasteiger partial charge < -0.3 is 19.7 Å². The molecule has 0 aromatic heterocycles. The molecule has 0 bridgehead atoms. The van der Waals surface area contributed by atoms with Crippen LogP contribution in [0.25, 0.3) is 0 Å². The largest absolute Gasteiger partial charge is 0.457 e. The Morgan fingerprint density at radius 1 is 1.17 bits per heavy atom. The Balaban J connectivity index is 1.77. The van der Waals surface area contributed by atoms with Crippen LogP contribution in [0.4, 0.5) is 11.4 Å². The van der Waals surface area contributed by atoms with Crippen molar-refractivity contribution in [3.05, 3.63) is 68.8 Å². The van der Waals surface area contributed by atoms with Crippen LogP contribution in [0, 0.1) is 3.57 Å². The molecular formula is C27H30ClIN2O5. The van der Waals surface area contributed by atoms with Gasteiger partial charge in [0.25, 0.3) is 5.91 Å². The molecule has 0 spiro atoms. The van der Waals surface area contributed by atoms with Gasteiger partial charge in [-0.25, -0.2) is 9.59 Å². The van der Waals surface area contributed by atoms with Crippen molar-refractivity contribution in [3.8, 4) is 0 Å². The van der Waals surface area contributed by atoms with Gasteiger partial charge in [-0.3, -0.25) is 4.79 Å². The topological polar surface area (TPSA) is 84.9 Å². The number of esters is 2. The molecule has 36 heavy (non-hydrogen) atoms. The van der Waals surface area contributed by atoms with Crippen molar-refractivity contribution in [2.24, 2.45) is 0 Å². The molecule has 9 heteroatoms. The van der Waals surface area contributed by atoms with Crippen LogP contribution in [0.2, 0.25) is 5.02 Å². The van der Waals surface area contributed by atoms with E-state index in [4.69, 9.17) is 21.1 Å². The summed E-state index contributed by atoms with van der Waals surface area (Å²) in [7, 11) is 0. The van der Waals surface area contributed by atoms with Crippen molar-refractivity contribution in [2.75, 3.05) is 16.8 Å². The van der Waals surface area contributed by atoms with Gasteiger partial charge in [-0.05, 0) is 93.5 Å². The van der Waals surface area contributed by atoms with Crippen LogP contribution < -0.4 is 10.2 Å². The second-order valence-electron chi connectivity index (χ2n) is 9.44. The quantitative estimate of drug-likeness (QED) is 0.229. The lowest BCUT2D eigenvalue weighted by molar-refractivity contribution is -0.174. The molecular weight excluding hydrogens is 595 g/mol. The molecule has 7 nitrogen and oxygen atoms in total. The number of nitrogens with one attached hydrogen (secondary N) is 1. The highest BCUT2D eigenvalue weighted by atomic mass is 127. The van der Waals surface area contributed by atoms with E-state index in [-0.39, 0.29) is 12.3 Å². The van der Waals surface area contributed by atoms with Crippen LogP contribution in [-0.2, 0) is 23.9 Å². The first-order chi connectivity index (χ1) is 16.9. The van der Waals surface area contributed by atoms with Crippen molar-refractivity contribution in [3.63, 3.8) is 0 Å². The average Bonchev–Trinajstić information content (AvgIpc) is 3.18. The summed E-state index contributed by atoms with van der Waals surface area (Å²) in [6, 6.07) is 13.9. The highest BCUT2D eigenvalue weighted by Crippen LogP contribution is 2.27. The van der Waals surface area contributed by atoms with Gasteiger partial charge in [-0.2, -0.15) is 0 Å². The number of hydrogen-bond acceptors (Lipinski definition) is 6. The van der Waals surface area contributed by atoms with E-state index in [0.717, 1.165) is 9.26 Å². The standard InChI is InChI=1S/C27H30ClIN2O5/c1-17(25(33)36-27(2,3)4)35-26(34)22(30-23-16-19(28)11-12-21(23)29)13-10-18-14-15-31(24(18)32)20-8-6-5-7-9-20/h5-12,16-17,22,30H,13-15H2,1-4H3/b18-10-/t17-,22?/m1/s1. The molecule has 1 heterocycles. The Morgan fingerprint density at radius 2 is 1.86 bits per heavy atom. The third kappa shape index (κ3) is 7.70. The third-order valence-corrected chi connectivity index (χ3v) is 6.54. The Bertz CT molecular complexity index is 1150. The Labute approximate surface area is 230 Å². The Hall–Kier alpha value is -2.59. The van der Waals surface area contributed by atoms with Crippen molar-refractivity contribution >= 4 is 63.4 Å². The van der Waals surface area contributed by atoms with Crippen LogP contribution in [0.15, 0.2) is 60.2 Å². The van der Waals surface area contributed by atoms with E-state index in [1.165, 1.54) is 6.92 Å². The molecule has 1 unspecified atom stereocenters. The highest BCUT2D eigenvalue weighted by molar-refractivity contribution is 14.1. The summed E-state index contributed by atoms with van der Waals surface area (Å²) in [5.41, 5.74) is 1.40. The smallest absolute Gasteiger partial charge is 0.347 e. The molecule has 192 valence electrons. The molecule has 1 aliphatic heterocycles. The molecule has 1 saturated heterocycles. The van der Waals surface area contributed by atoms with Gasteiger partial charge in [0.2, 0.25) is 0 Å². The molecule has 2 atom stereocenters. The van der Waals surface area contributed by atoms with E-state index in [1.807, 2.05) is 36.4 Å². The lowest BCUT2D eigenvalue weighted by Crippen LogP contribution is -2.38. The zero-order valence-electron chi connectivity index (χ0n) is 20.7. The number of anilines is 2. The number of nitrogens with zero attached hydrogens (tertiary/aromatic N) is 1. The first kappa shape index (κ1) is 28.0. The average molecular weight is 625 g/mol. The van der Waals surface area contributed by atoms with Gasteiger partial charge >= 0.3 is 11.9 Å². The number of carbonyl (C=O) groups is 3. The van der Waals surface area contributed by atoms with Crippen molar-refractivity contribution in [1.82, 2.24) is 0 Å². The van der Waals surface area contributed by atoms with Crippen molar-refractivity contribution in [1.29, 1.82) is 0 Å². The molecule has 1 aliphatic rings. The summed E-state index contributed by atoms with van der Waals surface area (Å²) in [4.78, 5) is 40.2. The number of para-hydroxylation sites is 1. The van der Waals surface area contributed by atoms with Crippen molar-refractivity contribution < 1.29 is 23.9 Å². The minimum absolute atomic E-state index is 0.0900. The van der Waals surface area contributed by atoms with Crippen LogP contribution in [0.3, 0.4) is 0 Å². The van der Waals surface area contributed by atoms with Crippen molar-refractivity contribution in [2.45, 2.75) is 58.3 Å². The number of benzene rings is 2. The zero-order valence-corrected chi connectivity index (χ0v) is 23.6. The SMILES string of the molecule is C[C@@H](OC(=O)C(C/C=C1/CCN(c2ccccc2)C1=O)Nc1cc(Cl)ccc1I)C(=O)OC(C)(C)C. The third-order valence-electron chi connectivity index (χ3n) is 5.37. The van der Waals surface area contributed by atoms with Crippen LogP contribution >= 0.6 is 34.2 Å². The number of hydrogen-bond donors (Lipinski definition) is 1. The number of rotatable bonds is 8. The fraction of sp³-hybridized carbons (Fsp3) is 0.370. The number of halogens is 2. The summed E-state index contributed by atoms with van der Waals surface area (Å²) < 4.78 is 11.6. The minimum Gasteiger partial charge on any atom is -0.457 e. The minimum atomic E-state index is -1.09. The van der Waals surface area contributed by atoms with Crippen LogP contribution in [0.5, 0.6) is 0 Å². The predicted octanol–water partition coefficient (Wildman–Crippen LogP) is 5.75. The summed E-state index contributed by atoms with van der Waals surface area (Å²) in [6.45, 7) is 7.28. The molecule has 1 fully saturated rings.